The van der Waals surface area contributed by atoms with Crippen molar-refractivity contribution in [2.75, 3.05) is 5.32 Å². The third kappa shape index (κ3) is 1.83. The molecule has 3 heterocycles. The summed E-state index contributed by atoms with van der Waals surface area (Å²) in [6.07, 6.45) is 1.81. The molecular formula is C11H12N4S2. The van der Waals surface area contributed by atoms with Crippen molar-refractivity contribution in [1.82, 2.24) is 14.4 Å². The van der Waals surface area contributed by atoms with Crippen LogP contribution in [-0.4, -0.2) is 14.4 Å². The molecule has 0 aliphatic heterocycles. The summed E-state index contributed by atoms with van der Waals surface area (Å²) in [5.41, 5.74) is 3.54. The second-order valence-corrected chi connectivity index (χ2v) is 5.56. The highest BCUT2D eigenvalue weighted by atomic mass is 32.1. The normalized spacial score (nSPS) is 11.2. The third-order valence-corrected chi connectivity index (χ3v) is 4.34. The fourth-order valence-corrected chi connectivity index (χ4v) is 3.30. The van der Waals surface area contributed by atoms with Crippen LogP contribution in [0.25, 0.3) is 4.96 Å². The number of aryl methyl sites for hydroxylation is 2. The Balaban J connectivity index is 1.93. The van der Waals surface area contributed by atoms with Crippen molar-refractivity contribution in [2.45, 2.75) is 20.4 Å². The number of imidazole rings is 1. The van der Waals surface area contributed by atoms with Crippen LogP contribution in [-0.2, 0) is 6.54 Å². The lowest BCUT2D eigenvalue weighted by molar-refractivity contribution is 0.964. The van der Waals surface area contributed by atoms with Crippen molar-refractivity contribution < 1.29 is 0 Å². The van der Waals surface area contributed by atoms with Gasteiger partial charge in [-0.15, -0.1) is 22.7 Å². The van der Waals surface area contributed by atoms with Crippen LogP contribution < -0.4 is 5.32 Å². The number of nitrogens with one attached hydrogen (secondary N) is 1. The lowest BCUT2D eigenvalue weighted by atomic mass is 10.3. The molecule has 0 atom stereocenters. The first-order valence-corrected chi connectivity index (χ1v) is 7.07. The Morgan fingerprint density at radius 2 is 2.24 bits per heavy atom. The fourth-order valence-electron chi connectivity index (χ4n) is 1.85. The number of nitrogens with zero attached hydrogens (tertiary/aromatic N) is 3. The molecule has 6 heteroatoms. The molecule has 0 aliphatic rings. The first-order chi connectivity index (χ1) is 8.25. The molecule has 0 saturated carbocycles. The zero-order chi connectivity index (χ0) is 11.8. The highest BCUT2D eigenvalue weighted by Crippen LogP contribution is 2.21. The summed E-state index contributed by atoms with van der Waals surface area (Å²) in [5, 5.41) is 8.38. The average Bonchev–Trinajstić information content (AvgIpc) is 2.97. The van der Waals surface area contributed by atoms with Gasteiger partial charge in [0.1, 0.15) is 0 Å². The van der Waals surface area contributed by atoms with Crippen LogP contribution in [0.15, 0.2) is 17.0 Å². The minimum absolute atomic E-state index is 0.762. The van der Waals surface area contributed by atoms with Crippen molar-refractivity contribution in [3.63, 3.8) is 0 Å². The summed E-state index contributed by atoms with van der Waals surface area (Å²) in [4.78, 5) is 9.84. The van der Waals surface area contributed by atoms with E-state index < -0.39 is 0 Å². The van der Waals surface area contributed by atoms with Gasteiger partial charge >= 0.3 is 0 Å². The van der Waals surface area contributed by atoms with Crippen LogP contribution in [0.2, 0.25) is 0 Å². The van der Waals surface area contributed by atoms with Gasteiger partial charge in [-0.3, -0.25) is 4.40 Å². The molecule has 0 saturated heterocycles. The maximum absolute atomic E-state index is 4.56. The summed E-state index contributed by atoms with van der Waals surface area (Å²) in [7, 11) is 0. The maximum Gasteiger partial charge on any atom is 0.194 e. The molecule has 0 spiro atoms. The molecule has 17 heavy (non-hydrogen) atoms. The first kappa shape index (κ1) is 10.7. The standard InChI is InChI=1S/C11H12N4S2/c1-7-6-17-11-14-8(2)9(15(7)11)5-13-10-12-3-4-16-10/h3-4,6H,5H2,1-2H3,(H,12,13). The molecule has 88 valence electrons. The first-order valence-electron chi connectivity index (χ1n) is 5.31. The highest BCUT2D eigenvalue weighted by Gasteiger charge is 2.11. The van der Waals surface area contributed by atoms with Crippen LogP contribution in [0.1, 0.15) is 17.1 Å². The molecule has 0 unspecified atom stereocenters. The van der Waals surface area contributed by atoms with Gasteiger partial charge in [-0.2, -0.15) is 0 Å². The molecule has 0 aliphatic carbocycles. The fraction of sp³-hybridized carbons (Fsp3) is 0.273. The van der Waals surface area contributed by atoms with Gasteiger partial charge in [0.05, 0.1) is 17.9 Å². The van der Waals surface area contributed by atoms with Gasteiger partial charge in [-0.05, 0) is 13.8 Å². The van der Waals surface area contributed by atoms with Gasteiger partial charge in [0, 0.05) is 22.7 Å². The molecule has 3 aromatic rings. The van der Waals surface area contributed by atoms with E-state index in [9.17, 15) is 0 Å². The molecule has 0 radical (unpaired) electrons. The summed E-state index contributed by atoms with van der Waals surface area (Å²) in [6.45, 7) is 4.92. The van der Waals surface area contributed by atoms with E-state index in [0.29, 0.717) is 0 Å². The lowest BCUT2D eigenvalue weighted by Gasteiger charge is -2.04. The Kier molecular flexibility index (Phi) is 2.60. The number of hydrogen-bond acceptors (Lipinski definition) is 5. The predicted molar refractivity (Wildman–Crippen MR) is 72.0 cm³/mol. The number of fused-ring (bicyclic) bond motifs is 1. The SMILES string of the molecule is Cc1nc2scc(C)n2c1CNc1nccs1. The monoisotopic (exact) mass is 264 g/mol. The van der Waals surface area contributed by atoms with Crippen LogP contribution in [0.5, 0.6) is 0 Å². The van der Waals surface area contributed by atoms with Crippen molar-refractivity contribution in [3.05, 3.63) is 34.0 Å². The Hall–Kier alpha value is -1.40. The van der Waals surface area contributed by atoms with Gasteiger partial charge in [0.15, 0.2) is 10.1 Å². The van der Waals surface area contributed by atoms with Crippen molar-refractivity contribution in [1.29, 1.82) is 0 Å². The average molecular weight is 264 g/mol. The quantitative estimate of drug-likeness (QED) is 0.790. The molecular weight excluding hydrogens is 252 g/mol. The van der Waals surface area contributed by atoms with Gasteiger partial charge < -0.3 is 5.32 Å². The molecule has 3 aromatic heterocycles. The second kappa shape index (κ2) is 4.12. The lowest BCUT2D eigenvalue weighted by Crippen LogP contribution is -2.04. The van der Waals surface area contributed by atoms with E-state index in [2.05, 4.69) is 38.9 Å². The van der Waals surface area contributed by atoms with E-state index in [0.717, 1.165) is 22.3 Å². The largest absolute Gasteiger partial charge is 0.356 e. The minimum atomic E-state index is 0.762. The zero-order valence-corrected chi connectivity index (χ0v) is 11.2. The summed E-state index contributed by atoms with van der Waals surface area (Å²) < 4.78 is 2.21. The number of thiazole rings is 2. The maximum atomic E-state index is 4.56. The number of anilines is 1. The van der Waals surface area contributed by atoms with Crippen molar-refractivity contribution in [3.8, 4) is 0 Å². The number of aromatic nitrogens is 3. The Bertz CT molecular complexity index is 636. The summed E-state index contributed by atoms with van der Waals surface area (Å²) in [5.74, 6) is 0. The molecule has 0 aromatic carbocycles. The van der Waals surface area contributed by atoms with Crippen LogP contribution >= 0.6 is 22.7 Å². The minimum Gasteiger partial charge on any atom is -0.356 e. The second-order valence-electron chi connectivity index (χ2n) is 3.83. The number of hydrogen-bond donors (Lipinski definition) is 1. The van der Waals surface area contributed by atoms with Crippen LogP contribution in [0, 0.1) is 13.8 Å². The van der Waals surface area contributed by atoms with Gasteiger partial charge in [-0.1, -0.05) is 0 Å². The van der Waals surface area contributed by atoms with E-state index >= 15 is 0 Å². The molecule has 3 rings (SSSR count). The summed E-state index contributed by atoms with van der Waals surface area (Å²) in [6, 6.07) is 0. The molecule has 0 bridgehead atoms. The van der Waals surface area contributed by atoms with E-state index in [1.54, 1.807) is 22.7 Å². The zero-order valence-electron chi connectivity index (χ0n) is 9.60. The topological polar surface area (TPSA) is 42.2 Å². The predicted octanol–water partition coefficient (Wildman–Crippen LogP) is 3.08. The van der Waals surface area contributed by atoms with Crippen molar-refractivity contribution in [2.24, 2.45) is 0 Å². The molecule has 4 nitrogen and oxygen atoms in total. The van der Waals surface area contributed by atoms with E-state index in [-0.39, 0.29) is 0 Å². The smallest absolute Gasteiger partial charge is 0.194 e. The highest BCUT2D eigenvalue weighted by molar-refractivity contribution is 7.15. The molecule has 0 amide bonds. The van der Waals surface area contributed by atoms with Crippen LogP contribution in [0.4, 0.5) is 5.13 Å². The van der Waals surface area contributed by atoms with Crippen molar-refractivity contribution >= 4 is 32.8 Å². The van der Waals surface area contributed by atoms with Gasteiger partial charge in [0.25, 0.3) is 0 Å². The van der Waals surface area contributed by atoms with E-state index in [4.69, 9.17) is 0 Å². The van der Waals surface area contributed by atoms with Crippen LogP contribution in [0.3, 0.4) is 0 Å². The Labute approximate surface area is 107 Å². The summed E-state index contributed by atoms with van der Waals surface area (Å²) >= 11 is 3.30. The Morgan fingerprint density at radius 1 is 1.35 bits per heavy atom. The van der Waals surface area contributed by atoms with E-state index in [1.807, 2.05) is 11.6 Å². The Morgan fingerprint density at radius 3 is 3.00 bits per heavy atom. The number of rotatable bonds is 3. The third-order valence-electron chi connectivity index (χ3n) is 2.67. The van der Waals surface area contributed by atoms with Gasteiger partial charge in [-0.25, -0.2) is 9.97 Å². The van der Waals surface area contributed by atoms with E-state index in [1.165, 1.54) is 11.4 Å². The van der Waals surface area contributed by atoms with Gasteiger partial charge in [0.2, 0.25) is 0 Å². The molecule has 0 fully saturated rings. The molecule has 1 N–H and O–H groups in total.